The maximum absolute atomic E-state index is 13.1. The minimum Gasteiger partial charge on any atom is -0.488 e. The van der Waals surface area contributed by atoms with Crippen molar-refractivity contribution in [1.82, 2.24) is 10.2 Å². The molecule has 1 saturated heterocycles. The highest BCUT2D eigenvalue weighted by atomic mass is 19.1. The van der Waals surface area contributed by atoms with E-state index in [1.54, 1.807) is 36.4 Å². The molecule has 8 nitrogen and oxygen atoms in total. The summed E-state index contributed by atoms with van der Waals surface area (Å²) >= 11 is 0. The van der Waals surface area contributed by atoms with Crippen LogP contribution in [0.1, 0.15) is 16.7 Å². The molecule has 166 valence electrons. The first-order valence-electron chi connectivity index (χ1n) is 9.95. The molecule has 1 heterocycles. The monoisotopic (exact) mass is 447 g/mol. The van der Waals surface area contributed by atoms with Crippen LogP contribution in [0.4, 0.5) is 14.9 Å². The van der Waals surface area contributed by atoms with E-state index in [0.29, 0.717) is 22.4 Å². The molecule has 0 aliphatic carbocycles. The summed E-state index contributed by atoms with van der Waals surface area (Å²) in [7, 11) is 0. The lowest BCUT2D eigenvalue weighted by atomic mass is 10.1. The number of imide groups is 1. The lowest BCUT2D eigenvalue weighted by Crippen LogP contribution is -2.30. The third-order valence-corrected chi connectivity index (χ3v) is 4.95. The maximum atomic E-state index is 13.1. The number of urea groups is 1. The van der Waals surface area contributed by atoms with Crippen molar-refractivity contribution >= 4 is 23.7 Å². The molecule has 0 radical (unpaired) electrons. The van der Waals surface area contributed by atoms with Crippen LogP contribution in [0, 0.1) is 15.9 Å². The van der Waals surface area contributed by atoms with Crippen LogP contribution in [-0.4, -0.2) is 21.8 Å². The zero-order chi connectivity index (χ0) is 23.4. The zero-order valence-electron chi connectivity index (χ0n) is 17.2. The van der Waals surface area contributed by atoms with Crippen LogP contribution in [-0.2, 0) is 17.9 Å². The molecule has 3 amide bonds. The van der Waals surface area contributed by atoms with E-state index in [1.165, 1.54) is 42.5 Å². The van der Waals surface area contributed by atoms with Crippen LogP contribution >= 0.6 is 0 Å². The highest BCUT2D eigenvalue weighted by molar-refractivity contribution is 6.14. The van der Waals surface area contributed by atoms with Crippen molar-refractivity contribution in [3.05, 3.63) is 111 Å². The minimum atomic E-state index is -0.578. The van der Waals surface area contributed by atoms with Crippen LogP contribution < -0.4 is 10.1 Å². The summed E-state index contributed by atoms with van der Waals surface area (Å²) in [5.74, 6) is -0.480. The molecule has 3 aromatic carbocycles. The van der Waals surface area contributed by atoms with Gasteiger partial charge in [0.15, 0.2) is 0 Å². The lowest BCUT2D eigenvalue weighted by molar-refractivity contribution is -0.384. The Balaban J connectivity index is 1.50. The number of ether oxygens (including phenoxy) is 1. The van der Waals surface area contributed by atoms with Crippen molar-refractivity contribution in [2.24, 2.45) is 0 Å². The van der Waals surface area contributed by atoms with Gasteiger partial charge in [0.05, 0.1) is 11.5 Å². The third kappa shape index (κ3) is 5.04. The van der Waals surface area contributed by atoms with Gasteiger partial charge in [-0.3, -0.25) is 19.8 Å². The van der Waals surface area contributed by atoms with Crippen LogP contribution in [0.15, 0.2) is 78.5 Å². The van der Waals surface area contributed by atoms with Gasteiger partial charge in [-0.25, -0.2) is 9.18 Å². The second-order valence-electron chi connectivity index (χ2n) is 7.26. The Morgan fingerprint density at radius 1 is 1.00 bits per heavy atom. The van der Waals surface area contributed by atoms with E-state index >= 15 is 0 Å². The van der Waals surface area contributed by atoms with Crippen molar-refractivity contribution in [2.75, 3.05) is 0 Å². The van der Waals surface area contributed by atoms with Crippen LogP contribution in [0.25, 0.3) is 6.08 Å². The average molecular weight is 447 g/mol. The first-order chi connectivity index (χ1) is 15.9. The topological polar surface area (TPSA) is 102 Å². The Hall–Kier alpha value is -4.53. The molecule has 1 N–H and O–H groups in total. The summed E-state index contributed by atoms with van der Waals surface area (Å²) in [6, 6.07) is 18.0. The van der Waals surface area contributed by atoms with Gasteiger partial charge in [0.25, 0.3) is 11.6 Å². The van der Waals surface area contributed by atoms with E-state index in [1.807, 2.05) is 0 Å². The SMILES string of the molecule is O=C1NC(=Cc2ccccc2OCc2cccc([N+](=O)[O-])c2)C(=O)N1Cc1ccc(F)cc1. The maximum Gasteiger partial charge on any atom is 0.329 e. The van der Waals surface area contributed by atoms with E-state index in [9.17, 15) is 24.1 Å². The Morgan fingerprint density at radius 2 is 1.76 bits per heavy atom. The van der Waals surface area contributed by atoms with E-state index < -0.39 is 22.7 Å². The molecule has 0 unspecified atom stereocenters. The summed E-state index contributed by atoms with van der Waals surface area (Å²) in [6.07, 6.45) is 1.51. The molecule has 3 aromatic rings. The molecule has 1 aliphatic rings. The van der Waals surface area contributed by atoms with Crippen molar-refractivity contribution in [3.8, 4) is 5.75 Å². The molecule has 1 fully saturated rings. The second kappa shape index (κ2) is 9.31. The number of nitrogens with one attached hydrogen (secondary N) is 1. The second-order valence-corrected chi connectivity index (χ2v) is 7.26. The predicted octanol–water partition coefficient (Wildman–Crippen LogP) is 4.41. The molecule has 1 aliphatic heterocycles. The first-order valence-corrected chi connectivity index (χ1v) is 9.95. The Bertz CT molecular complexity index is 1260. The predicted molar refractivity (Wildman–Crippen MR) is 117 cm³/mol. The molecular formula is C24H18FN3O5. The minimum absolute atomic E-state index is 0.00716. The molecule has 0 atom stereocenters. The van der Waals surface area contributed by atoms with Crippen LogP contribution in [0.3, 0.4) is 0 Å². The van der Waals surface area contributed by atoms with Crippen LogP contribution in [0.5, 0.6) is 5.75 Å². The Morgan fingerprint density at radius 3 is 2.52 bits per heavy atom. The van der Waals surface area contributed by atoms with Gasteiger partial charge in [0.1, 0.15) is 23.9 Å². The molecule has 33 heavy (non-hydrogen) atoms. The summed E-state index contributed by atoms with van der Waals surface area (Å²) in [6.45, 7) is 0.0894. The van der Waals surface area contributed by atoms with Gasteiger partial charge in [-0.2, -0.15) is 0 Å². The summed E-state index contributed by atoms with van der Waals surface area (Å²) in [4.78, 5) is 36.6. The van der Waals surface area contributed by atoms with Crippen molar-refractivity contribution in [2.45, 2.75) is 13.2 Å². The smallest absolute Gasteiger partial charge is 0.329 e. The lowest BCUT2D eigenvalue weighted by Gasteiger charge is -2.12. The number of amides is 3. The molecule has 9 heteroatoms. The van der Waals surface area contributed by atoms with Gasteiger partial charge in [0.2, 0.25) is 0 Å². The molecule has 0 spiro atoms. The number of rotatable bonds is 7. The van der Waals surface area contributed by atoms with E-state index in [-0.39, 0.29) is 24.5 Å². The van der Waals surface area contributed by atoms with Gasteiger partial charge in [-0.15, -0.1) is 0 Å². The van der Waals surface area contributed by atoms with Gasteiger partial charge in [-0.1, -0.05) is 42.5 Å². The fourth-order valence-corrected chi connectivity index (χ4v) is 3.30. The van der Waals surface area contributed by atoms with Crippen molar-refractivity contribution in [3.63, 3.8) is 0 Å². The van der Waals surface area contributed by atoms with Crippen LogP contribution in [0.2, 0.25) is 0 Å². The standard InChI is InChI=1S/C24H18FN3O5/c25-19-10-8-16(9-11-19)14-27-23(29)21(26-24(27)30)13-18-5-1-2-7-22(18)33-15-17-4-3-6-20(12-17)28(31)32/h1-13H,14-15H2,(H,26,30). The number of carbonyl (C=O) groups excluding carboxylic acids is 2. The molecule has 0 bridgehead atoms. The number of benzene rings is 3. The van der Waals surface area contributed by atoms with E-state index in [4.69, 9.17) is 4.74 Å². The number of carbonyl (C=O) groups is 2. The number of hydrogen-bond acceptors (Lipinski definition) is 5. The van der Waals surface area contributed by atoms with Gasteiger partial charge < -0.3 is 10.1 Å². The summed E-state index contributed by atoms with van der Waals surface area (Å²) in [5, 5.41) is 13.5. The number of para-hydroxylation sites is 1. The van der Waals surface area contributed by atoms with Gasteiger partial charge in [-0.05, 0) is 35.4 Å². The highest BCUT2D eigenvalue weighted by Crippen LogP contribution is 2.25. The fourth-order valence-electron chi connectivity index (χ4n) is 3.30. The van der Waals surface area contributed by atoms with Gasteiger partial charge >= 0.3 is 6.03 Å². The summed E-state index contributed by atoms with van der Waals surface area (Å²) < 4.78 is 18.9. The summed E-state index contributed by atoms with van der Waals surface area (Å²) in [5.41, 5.74) is 1.82. The van der Waals surface area contributed by atoms with Crippen molar-refractivity contribution < 1.29 is 23.6 Å². The number of nitrogens with zero attached hydrogens (tertiary/aromatic N) is 2. The van der Waals surface area contributed by atoms with Gasteiger partial charge in [0, 0.05) is 17.7 Å². The number of halogens is 1. The molecular weight excluding hydrogens is 429 g/mol. The molecule has 4 rings (SSSR count). The van der Waals surface area contributed by atoms with E-state index in [2.05, 4.69) is 5.32 Å². The molecule has 0 saturated carbocycles. The largest absolute Gasteiger partial charge is 0.488 e. The zero-order valence-corrected chi connectivity index (χ0v) is 17.2. The number of nitro groups is 1. The Kier molecular flexibility index (Phi) is 6.12. The first kappa shape index (κ1) is 21.7. The van der Waals surface area contributed by atoms with Crippen molar-refractivity contribution in [1.29, 1.82) is 0 Å². The quantitative estimate of drug-likeness (QED) is 0.250. The highest BCUT2D eigenvalue weighted by Gasteiger charge is 2.33. The normalized spacial score (nSPS) is 14.5. The van der Waals surface area contributed by atoms with E-state index in [0.717, 1.165) is 4.90 Å². The number of hydrogen-bond donors (Lipinski definition) is 1. The fraction of sp³-hybridized carbons (Fsp3) is 0.0833. The third-order valence-electron chi connectivity index (χ3n) is 4.95. The molecule has 0 aromatic heterocycles. The average Bonchev–Trinajstić information content (AvgIpc) is 3.07. The number of non-ortho nitro benzene ring substituents is 1. The Labute approximate surface area is 188 Å². The number of nitro benzene ring substituents is 1.